The van der Waals surface area contributed by atoms with E-state index in [9.17, 15) is 4.79 Å². The van der Waals surface area contributed by atoms with Crippen LogP contribution in [-0.2, 0) is 4.74 Å². The number of H-pyrrole nitrogens is 1. The molecule has 1 aromatic heterocycles. The first-order valence-corrected chi connectivity index (χ1v) is 7.62. The summed E-state index contributed by atoms with van der Waals surface area (Å²) < 4.78 is 5.16. The first-order valence-electron chi connectivity index (χ1n) is 7.19. The van der Waals surface area contributed by atoms with Gasteiger partial charge in [-0.2, -0.15) is 0 Å². The van der Waals surface area contributed by atoms with Gasteiger partial charge in [-0.1, -0.05) is 48.5 Å². The van der Waals surface area contributed by atoms with Crippen LogP contribution < -0.4 is 0 Å². The zero-order valence-corrected chi connectivity index (χ0v) is 12.9. The number of carbonyl (C=O) groups excluding carboxylic acids is 1. The Kier molecular flexibility index (Phi) is 4.16. The van der Waals surface area contributed by atoms with E-state index < -0.39 is 5.38 Å². The third-order valence-electron chi connectivity index (χ3n) is 3.57. The quantitative estimate of drug-likeness (QED) is 0.561. The fourth-order valence-electron chi connectivity index (χ4n) is 2.58. The van der Waals surface area contributed by atoms with Gasteiger partial charge in [0.2, 0.25) is 0 Å². The minimum absolute atomic E-state index is 0.325. The van der Waals surface area contributed by atoms with E-state index in [1.807, 2.05) is 54.6 Å². The van der Waals surface area contributed by atoms with Crippen LogP contribution in [0, 0.1) is 0 Å². The SMILES string of the molecule is CCOC(=O)c1[nH]c2ccccc2c1[C@@H](Cl)c1ccccc1. The van der Waals surface area contributed by atoms with Crippen LogP contribution in [0.3, 0.4) is 0 Å². The number of hydrogen-bond acceptors (Lipinski definition) is 2. The molecule has 0 saturated heterocycles. The van der Waals surface area contributed by atoms with Crippen molar-refractivity contribution in [2.24, 2.45) is 0 Å². The number of para-hydroxylation sites is 1. The van der Waals surface area contributed by atoms with Gasteiger partial charge in [0.1, 0.15) is 5.69 Å². The molecular weight excluding hydrogens is 298 g/mol. The molecule has 0 aliphatic rings. The average molecular weight is 314 g/mol. The fourth-order valence-corrected chi connectivity index (χ4v) is 2.95. The van der Waals surface area contributed by atoms with Gasteiger partial charge in [-0.3, -0.25) is 0 Å². The lowest BCUT2D eigenvalue weighted by atomic mass is 10.0. The summed E-state index contributed by atoms with van der Waals surface area (Å²) in [6, 6.07) is 17.5. The van der Waals surface area contributed by atoms with Crippen molar-refractivity contribution in [2.45, 2.75) is 12.3 Å². The predicted octanol–water partition coefficient (Wildman–Crippen LogP) is 4.67. The summed E-state index contributed by atoms with van der Waals surface area (Å²) >= 11 is 6.67. The molecule has 0 saturated carbocycles. The maximum absolute atomic E-state index is 12.3. The number of aromatic nitrogens is 1. The molecule has 0 bridgehead atoms. The lowest BCUT2D eigenvalue weighted by Crippen LogP contribution is -2.09. The van der Waals surface area contributed by atoms with Crippen molar-refractivity contribution >= 4 is 28.5 Å². The zero-order chi connectivity index (χ0) is 15.5. The Hall–Kier alpha value is -2.26. The lowest BCUT2D eigenvalue weighted by Gasteiger charge is -2.11. The van der Waals surface area contributed by atoms with Gasteiger partial charge in [0, 0.05) is 16.5 Å². The smallest absolute Gasteiger partial charge is 0.355 e. The second-order valence-electron chi connectivity index (χ2n) is 4.95. The molecule has 1 atom stereocenters. The number of aromatic amines is 1. The van der Waals surface area contributed by atoms with E-state index in [1.165, 1.54) is 0 Å². The van der Waals surface area contributed by atoms with Crippen LogP contribution in [0.1, 0.15) is 33.9 Å². The van der Waals surface area contributed by atoms with E-state index in [0.29, 0.717) is 12.3 Å². The first-order chi connectivity index (χ1) is 10.7. The van der Waals surface area contributed by atoms with Gasteiger partial charge >= 0.3 is 5.97 Å². The number of hydrogen-bond donors (Lipinski definition) is 1. The summed E-state index contributed by atoms with van der Waals surface area (Å²) in [7, 11) is 0. The molecule has 0 amide bonds. The van der Waals surface area contributed by atoms with Crippen LogP contribution in [0.15, 0.2) is 54.6 Å². The Morgan fingerprint density at radius 1 is 1.14 bits per heavy atom. The van der Waals surface area contributed by atoms with Crippen molar-refractivity contribution in [3.05, 3.63) is 71.4 Å². The minimum atomic E-state index is -0.420. The topological polar surface area (TPSA) is 42.1 Å². The molecule has 4 heteroatoms. The number of fused-ring (bicyclic) bond motifs is 1. The normalized spacial score (nSPS) is 12.3. The molecule has 0 spiro atoms. The van der Waals surface area contributed by atoms with Gasteiger partial charge in [-0.25, -0.2) is 4.79 Å². The number of carbonyl (C=O) groups is 1. The molecule has 0 aliphatic carbocycles. The van der Waals surface area contributed by atoms with Gasteiger partial charge in [0.25, 0.3) is 0 Å². The van der Waals surface area contributed by atoms with Crippen LogP contribution in [0.4, 0.5) is 0 Å². The molecular formula is C18H16ClNO2. The third-order valence-corrected chi connectivity index (χ3v) is 4.04. The highest BCUT2D eigenvalue weighted by Crippen LogP contribution is 2.36. The lowest BCUT2D eigenvalue weighted by molar-refractivity contribution is 0.0519. The molecule has 0 unspecified atom stereocenters. The molecule has 3 nitrogen and oxygen atoms in total. The second kappa shape index (κ2) is 6.24. The molecule has 2 aromatic carbocycles. The van der Waals surface area contributed by atoms with Crippen LogP contribution in [0.25, 0.3) is 10.9 Å². The Morgan fingerprint density at radius 2 is 1.82 bits per heavy atom. The standard InChI is InChI=1S/C18H16ClNO2/c1-2-22-18(21)17-15(13-10-6-7-11-14(13)20-17)16(19)12-8-4-3-5-9-12/h3-11,16,20H,2H2,1H3/t16-/m0/s1. The molecule has 0 aliphatic heterocycles. The number of halogens is 1. The number of nitrogens with one attached hydrogen (secondary N) is 1. The van der Waals surface area contributed by atoms with Crippen molar-refractivity contribution in [1.29, 1.82) is 0 Å². The minimum Gasteiger partial charge on any atom is -0.461 e. The van der Waals surface area contributed by atoms with E-state index in [1.54, 1.807) is 6.92 Å². The van der Waals surface area contributed by atoms with Gasteiger partial charge in [-0.15, -0.1) is 11.6 Å². The van der Waals surface area contributed by atoms with E-state index in [2.05, 4.69) is 4.98 Å². The number of alkyl halides is 1. The Morgan fingerprint density at radius 3 is 2.55 bits per heavy atom. The average Bonchev–Trinajstić information content (AvgIpc) is 2.95. The number of benzene rings is 2. The van der Waals surface area contributed by atoms with Crippen LogP contribution in [0.2, 0.25) is 0 Å². The maximum atomic E-state index is 12.3. The summed E-state index contributed by atoms with van der Waals surface area (Å²) in [4.78, 5) is 15.4. The van der Waals surface area contributed by atoms with Crippen LogP contribution >= 0.6 is 11.6 Å². The van der Waals surface area contributed by atoms with Gasteiger partial charge in [0.15, 0.2) is 0 Å². The summed E-state index contributed by atoms with van der Waals surface area (Å²) in [5.41, 5.74) is 3.01. The number of ether oxygens (including phenoxy) is 1. The maximum Gasteiger partial charge on any atom is 0.355 e. The first kappa shape index (κ1) is 14.7. The van der Waals surface area contributed by atoms with Crippen LogP contribution in [-0.4, -0.2) is 17.6 Å². The predicted molar refractivity (Wildman–Crippen MR) is 88.4 cm³/mol. The highest BCUT2D eigenvalue weighted by Gasteiger charge is 2.25. The monoisotopic (exact) mass is 313 g/mol. The van der Waals surface area contributed by atoms with Crippen molar-refractivity contribution < 1.29 is 9.53 Å². The van der Waals surface area contributed by atoms with Crippen LogP contribution in [0.5, 0.6) is 0 Å². The molecule has 0 fully saturated rings. The molecule has 3 rings (SSSR count). The van der Waals surface area contributed by atoms with Gasteiger partial charge < -0.3 is 9.72 Å². The summed E-state index contributed by atoms with van der Waals surface area (Å²) in [6.45, 7) is 2.11. The van der Waals surface area contributed by atoms with Gasteiger partial charge in [0.05, 0.1) is 12.0 Å². The third kappa shape index (κ3) is 2.60. The second-order valence-corrected chi connectivity index (χ2v) is 5.39. The Bertz CT molecular complexity index is 795. The summed E-state index contributed by atoms with van der Waals surface area (Å²) in [5, 5.41) is 0.520. The largest absolute Gasteiger partial charge is 0.461 e. The van der Waals surface area contributed by atoms with E-state index in [4.69, 9.17) is 16.3 Å². The van der Waals surface area contributed by atoms with E-state index >= 15 is 0 Å². The van der Waals surface area contributed by atoms with E-state index in [-0.39, 0.29) is 5.97 Å². The molecule has 1 heterocycles. The molecule has 22 heavy (non-hydrogen) atoms. The zero-order valence-electron chi connectivity index (χ0n) is 12.2. The Balaban J connectivity index is 2.17. The van der Waals surface area contributed by atoms with Crippen molar-refractivity contribution in [1.82, 2.24) is 4.98 Å². The van der Waals surface area contributed by atoms with E-state index in [0.717, 1.165) is 22.0 Å². The molecule has 1 N–H and O–H groups in total. The molecule has 112 valence electrons. The van der Waals surface area contributed by atoms with Crippen molar-refractivity contribution in [2.75, 3.05) is 6.61 Å². The highest BCUT2D eigenvalue weighted by molar-refractivity contribution is 6.24. The molecule has 0 radical (unpaired) electrons. The fraction of sp³-hybridized carbons (Fsp3) is 0.167. The number of esters is 1. The Labute approximate surface area is 133 Å². The van der Waals surface area contributed by atoms with Gasteiger partial charge in [-0.05, 0) is 18.6 Å². The van der Waals surface area contributed by atoms with Crippen molar-refractivity contribution in [3.63, 3.8) is 0 Å². The number of rotatable bonds is 4. The summed E-state index contributed by atoms with van der Waals surface area (Å²) in [6.07, 6.45) is 0. The summed E-state index contributed by atoms with van der Waals surface area (Å²) in [5.74, 6) is -0.379. The highest BCUT2D eigenvalue weighted by atomic mass is 35.5. The molecule has 3 aromatic rings. The van der Waals surface area contributed by atoms with Crippen molar-refractivity contribution in [3.8, 4) is 0 Å².